The highest BCUT2D eigenvalue weighted by molar-refractivity contribution is 6.36. The summed E-state index contributed by atoms with van der Waals surface area (Å²) in [7, 11) is 0. The molecule has 8 heteroatoms. The van der Waals surface area contributed by atoms with Gasteiger partial charge in [-0.2, -0.15) is 0 Å². The molecule has 0 bridgehead atoms. The Morgan fingerprint density at radius 3 is 1.40 bits per heavy atom. The highest BCUT2D eigenvalue weighted by Gasteiger charge is 2.14. The third-order valence-corrected chi connectivity index (χ3v) is 7.93. The van der Waals surface area contributed by atoms with Crippen molar-refractivity contribution < 1.29 is 0 Å². The molecular weight excluding hydrogens is 604 g/mol. The molecule has 6 aromatic rings. The summed E-state index contributed by atoms with van der Waals surface area (Å²) in [5.41, 5.74) is 12.6. The summed E-state index contributed by atoms with van der Waals surface area (Å²) >= 11 is 31.0. The molecule has 40 heavy (non-hydrogen) atoms. The molecule has 2 N–H and O–H groups in total. The fourth-order valence-corrected chi connectivity index (χ4v) is 5.55. The Hall–Kier alpha value is -2.89. The number of halogens is 5. The summed E-state index contributed by atoms with van der Waals surface area (Å²) in [4.78, 5) is 9.36. The molecule has 0 saturated heterocycles. The lowest BCUT2D eigenvalue weighted by Crippen LogP contribution is -2.02. The average Bonchev–Trinajstić information content (AvgIpc) is 2.97. The average molecular weight is 626 g/mol. The topological polar surface area (TPSA) is 51.8 Å². The van der Waals surface area contributed by atoms with Gasteiger partial charge in [-0.1, -0.05) is 107 Å². The highest BCUT2D eigenvalue weighted by atomic mass is 35.5. The summed E-state index contributed by atoms with van der Waals surface area (Å²) in [6.45, 7) is 0.399. The summed E-state index contributed by atoms with van der Waals surface area (Å²) in [6, 6.07) is 30.6. The van der Waals surface area contributed by atoms with E-state index < -0.39 is 0 Å². The van der Waals surface area contributed by atoms with Crippen molar-refractivity contribution in [1.82, 2.24) is 9.97 Å². The number of fused-ring (bicyclic) bond motifs is 2. The summed E-state index contributed by atoms with van der Waals surface area (Å²) in [5, 5.41) is 4.51. The van der Waals surface area contributed by atoms with Crippen molar-refractivity contribution in [2.75, 3.05) is 0 Å². The van der Waals surface area contributed by atoms with Crippen LogP contribution in [0.25, 0.3) is 44.3 Å². The van der Waals surface area contributed by atoms with Crippen LogP contribution in [-0.4, -0.2) is 9.97 Å². The first-order chi connectivity index (χ1) is 19.4. The van der Waals surface area contributed by atoms with E-state index >= 15 is 0 Å². The predicted molar refractivity (Wildman–Crippen MR) is 172 cm³/mol. The zero-order valence-corrected chi connectivity index (χ0v) is 24.8. The molecule has 0 unspecified atom stereocenters. The maximum absolute atomic E-state index is 6.26. The van der Waals surface area contributed by atoms with Gasteiger partial charge in [-0.25, -0.2) is 9.97 Å². The first-order valence-electron chi connectivity index (χ1n) is 12.3. The van der Waals surface area contributed by atoms with E-state index in [0.29, 0.717) is 32.5 Å². The Kier molecular flexibility index (Phi) is 9.12. The molecule has 0 aliphatic carbocycles. The highest BCUT2D eigenvalue weighted by Crippen LogP contribution is 2.34. The molecule has 2 heterocycles. The van der Waals surface area contributed by atoms with Gasteiger partial charge in [0.25, 0.3) is 0 Å². The van der Waals surface area contributed by atoms with Crippen molar-refractivity contribution in [3.05, 3.63) is 128 Å². The summed E-state index contributed by atoms with van der Waals surface area (Å²) in [5.74, 6) is 0.371. The van der Waals surface area contributed by atoms with Gasteiger partial charge in [-0.3, -0.25) is 0 Å². The van der Waals surface area contributed by atoms with Gasteiger partial charge in [0.05, 0.1) is 32.5 Å². The van der Waals surface area contributed by atoms with E-state index in [1.54, 1.807) is 0 Å². The molecule has 0 spiro atoms. The Bertz CT molecular complexity index is 1700. The number of para-hydroxylation sites is 2. The van der Waals surface area contributed by atoms with Crippen LogP contribution in [0.1, 0.15) is 11.1 Å². The van der Waals surface area contributed by atoms with Crippen LogP contribution in [0.15, 0.2) is 97.1 Å². The van der Waals surface area contributed by atoms with E-state index in [1.165, 1.54) is 0 Å². The van der Waals surface area contributed by atoms with Crippen LogP contribution in [0.2, 0.25) is 20.1 Å². The Labute approximate surface area is 257 Å². The van der Waals surface area contributed by atoms with Gasteiger partial charge < -0.3 is 5.73 Å². The Morgan fingerprint density at radius 2 is 0.950 bits per heavy atom. The van der Waals surface area contributed by atoms with Gasteiger partial charge in [-0.15, -0.1) is 11.6 Å². The molecule has 0 saturated carbocycles. The first kappa shape index (κ1) is 28.6. The van der Waals surface area contributed by atoms with Crippen LogP contribution in [0.5, 0.6) is 0 Å². The molecule has 0 atom stereocenters. The van der Waals surface area contributed by atoms with Crippen molar-refractivity contribution in [1.29, 1.82) is 0 Å². The van der Waals surface area contributed by atoms with Crippen molar-refractivity contribution in [3.63, 3.8) is 0 Å². The molecule has 6 rings (SSSR count). The van der Waals surface area contributed by atoms with E-state index in [0.717, 1.165) is 55.4 Å². The standard InChI is InChI=1S/C16H10Cl3N.C16H12Cl2N2/c17-9-11-8-10-4-3-7-14(19)16(10)20-15(11)12-5-1-2-6-13(12)18;17-13-6-2-1-5-12(13)15-11(9-19)8-10-4-3-7-14(18)16(10)20-15/h1-8H,9H2;1-8H,9,19H2. The number of hydrogen-bond acceptors (Lipinski definition) is 3. The van der Waals surface area contributed by atoms with Crippen LogP contribution >= 0.6 is 58.0 Å². The fourth-order valence-electron chi connectivity index (χ4n) is 4.44. The molecule has 2 aromatic heterocycles. The van der Waals surface area contributed by atoms with Crippen molar-refractivity contribution >= 4 is 79.8 Å². The SMILES string of the molecule is ClCc1cc2cccc(Cl)c2nc1-c1ccccc1Cl.NCc1cc2cccc(Cl)c2nc1-c1ccccc1Cl. The largest absolute Gasteiger partial charge is 0.326 e. The third-order valence-electron chi connectivity index (χ3n) is 6.37. The predicted octanol–water partition coefficient (Wildman–Crippen LogP) is 10.6. The van der Waals surface area contributed by atoms with Crippen LogP contribution in [0.3, 0.4) is 0 Å². The quantitative estimate of drug-likeness (QED) is 0.198. The minimum Gasteiger partial charge on any atom is -0.326 e. The molecule has 0 fully saturated rings. The number of nitrogens with zero attached hydrogens (tertiary/aromatic N) is 2. The maximum Gasteiger partial charge on any atom is 0.0895 e. The summed E-state index contributed by atoms with van der Waals surface area (Å²) < 4.78 is 0. The van der Waals surface area contributed by atoms with Crippen LogP contribution in [0, 0.1) is 0 Å². The number of pyridine rings is 2. The normalized spacial score (nSPS) is 10.9. The van der Waals surface area contributed by atoms with Gasteiger partial charge in [0.1, 0.15) is 0 Å². The maximum atomic E-state index is 6.26. The Morgan fingerprint density at radius 1 is 0.525 bits per heavy atom. The van der Waals surface area contributed by atoms with Gasteiger partial charge in [0.2, 0.25) is 0 Å². The molecule has 4 aromatic carbocycles. The van der Waals surface area contributed by atoms with Crippen molar-refractivity contribution in [2.45, 2.75) is 12.4 Å². The molecule has 0 aliphatic rings. The number of rotatable bonds is 4. The van der Waals surface area contributed by atoms with E-state index in [-0.39, 0.29) is 0 Å². The molecule has 200 valence electrons. The van der Waals surface area contributed by atoms with Crippen molar-refractivity contribution in [3.8, 4) is 22.5 Å². The molecule has 0 aliphatic heterocycles. The fraction of sp³-hybridized carbons (Fsp3) is 0.0625. The Balaban J connectivity index is 0.000000161. The van der Waals surface area contributed by atoms with Gasteiger partial charge in [-0.05, 0) is 47.5 Å². The number of benzene rings is 4. The second-order valence-corrected chi connectivity index (χ2v) is 10.8. The second kappa shape index (κ2) is 12.7. The van der Waals surface area contributed by atoms with Crippen LogP contribution in [0.4, 0.5) is 0 Å². The zero-order chi connectivity index (χ0) is 28.2. The van der Waals surface area contributed by atoms with Crippen molar-refractivity contribution in [2.24, 2.45) is 5.73 Å². The van der Waals surface area contributed by atoms with E-state index in [9.17, 15) is 0 Å². The van der Waals surface area contributed by atoms with Gasteiger partial charge >= 0.3 is 0 Å². The van der Waals surface area contributed by atoms with Crippen LogP contribution in [-0.2, 0) is 12.4 Å². The number of nitrogens with two attached hydrogens (primary N) is 1. The monoisotopic (exact) mass is 623 g/mol. The van der Waals surface area contributed by atoms with E-state index in [4.69, 9.17) is 63.7 Å². The molecule has 0 amide bonds. The van der Waals surface area contributed by atoms with E-state index in [2.05, 4.69) is 9.97 Å². The minimum absolute atomic E-state index is 0.371. The molecular formula is C32H22Cl5N3. The molecule has 3 nitrogen and oxygen atoms in total. The first-order valence-corrected chi connectivity index (χ1v) is 14.4. The number of aromatic nitrogens is 2. The lowest BCUT2D eigenvalue weighted by Gasteiger charge is -2.11. The minimum atomic E-state index is 0.371. The lowest BCUT2D eigenvalue weighted by molar-refractivity contribution is 1.06. The van der Waals surface area contributed by atoms with E-state index in [1.807, 2.05) is 97.1 Å². The van der Waals surface area contributed by atoms with Gasteiger partial charge in [0.15, 0.2) is 0 Å². The summed E-state index contributed by atoms with van der Waals surface area (Å²) in [6.07, 6.45) is 0. The smallest absolute Gasteiger partial charge is 0.0895 e. The third kappa shape index (κ3) is 5.91. The number of hydrogen-bond donors (Lipinski definition) is 1. The van der Waals surface area contributed by atoms with Gasteiger partial charge in [0, 0.05) is 44.4 Å². The number of alkyl halides is 1. The molecule has 0 radical (unpaired) electrons. The second-order valence-electron chi connectivity index (χ2n) is 8.91. The zero-order valence-electron chi connectivity index (χ0n) is 21.0. The lowest BCUT2D eigenvalue weighted by atomic mass is 10.0. The van der Waals surface area contributed by atoms with Crippen LogP contribution < -0.4 is 5.73 Å².